The summed E-state index contributed by atoms with van der Waals surface area (Å²) in [7, 11) is 0. The first kappa shape index (κ1) is 11.2. The van der Waals surface area contributed by atoms with Gasteiger partial charge in [0, 0.05) is 12.6 Å². The van der Waals surface area contributed by atoms with Gasteiger partial charge in [-0.05, 0) is 31.3 Å². The summed E-state index contributed by atoms with van der Waals surface area (Å²) in [6, 6.07) is 0.774. The predicted octanol–water partition coefficient (Wildman–Crippen LogP) is 2.64. The van der Waals surface area contributed by atoms with Crippen molar-refractivity contribution in [2.45, 2.75) is 57.1 Å². The van der Waals surface area contributed by atoms with Crippen molar-refractivity contribution in [1.29, 1.82) is 0 Å². The van der Waals surface area contributed by atoms with Crippen LogP contribution in [0.2, 0.25) is 0 Å². The monoisotopic (exact) mass is 209 g/mol. The van der Waals surface area contributed by atoms with Gasteiger partial charge in [0.15, 0.2) is 0 Å². The summed E-state index contributed by atoms with van der Waals surface area (Å²) in [5, 5.41) is 3.46. The fraction of sp³-hybridized carbons (Fsp3) is 0.846. The van der Waals surface area contributed by atoms with Crippen LogP contribution < -0.4 is 5.32 Å². The van der Waals surface area contributed by atoms with E-state index in [1.807, 2.05) is 0 Å². The largest absolute Gasteiger partial charge is 0.374 e. The highest BCUT2D eigenvalue weighted by Gasteiger charge is 2.20. The normalized spacial score (nSPS) is 22.9. The summed E-state index contributed by atoms with van der Waals surface area (Å²) in [4.78, 5) is 0. The summed E-state index contributed by atoms with van der Waals surface area (Å²) in [6.07, 6.45) is 9.79. The molecule has 0 aromatic carbocycles. The molecule has 0 aromatic heterocycles. The molecule has 0 saturated heterocycles. The second kappa shape index (κ2) is 5.66. The SMILES string of the molecule is C=C(CNC1CC1)COC1CCCCC1. The third kappa shape index (κ3) is 4.35. The van der Waals surface area contributed by atoms with Gasteiger partial charge in [-0.1, -0.05) is 25.8 Å². The highest BCUT2D eigenvalue weighted by atomic mass is 16.5. The lowest BCUT2D eigenvalue weighted by Gasteiger charge is -2.22. The van der Waals surface area contributed by atoms with Gasteiger partial charge in [-0.25, -0.2) is 0 Å². The minimum absolute atomic E-state index is 0.511. The van der Waals surface area contributed by atoms with Crippen LogP contribution in [-0.2, 0) is 4.74 Å². The lowest BCUT2D eigenvalue weighted by Crippen LogP contribution is -2.23. The molecule has 0 heterocycles. The van der Waals surface area contributed by atoms with Gasteiger partial charge in [-0.3, -0.25) is 0 Å². The zero-order chi connectivity index (χ0) is 10.5. The van der Waals surface area contributed by atoms with Crippen LogP contribution in [0.3, 0.4) is 0 Å². The van der Waals surface area contributed by atoms with Crippen molar-refractivity contribution in [1.82, 2.24) is 5.32 Å². The smallest absolute Gasteiger partial charge is 0.0690 e. The zero-order valence-electron chi connectivity index (χ0n) is 9.63. The molecule has 0 aliphatic heterocycles. The van der Waals surface area contributed by atoms with Crippen LogP contribution in [0.25, 0.3) is 0 Å². The van der Waals surface area contributed by atoms with E-state index in [0.29, 0.717) is 6.10 Å². The van der Waals surface area contributed by atoms with E-state index in [4.69, 9.17) is 4.74 Å². The van der Waals surface area contributed by atoms with Crippen molar-refractivity contribution in [3.05, 3.63) is 12.2 Å². The highest BCUT2D eigenvalue weighted by Crippen LogP contribution is 2.21. The Bertz CT molecular complexity index is 205. The summed E-state index contributed by atoms with van der Waals surface area (Å²) < 4.78 is 5.86. The molecule has 2 saturated carbocycles. The van der Waals surface area contributed by atoms with Crippen LogP contribution >= 0.6 is 0 Å². The molecule has 86 valence electrons. The molecule has 0 bridgehead atoms. The topological polar surface area (TPSA) is 21.3 Å². The van der Waals surface area contributed by atoms with Crippen molar-refractivity contribution in [2.75, 3.05) is 13.2 Å². The molecule has 1 N–H and O–H groups in total. The molecule has 0 unspecified atom stereocenters. The van der Waals surface area contributed by atoms with Crippen LogP contribution in [0.1, 0.15) is 44.9 Å². The third-order valence-corrected chi connectivity index (χ3v) is 3.29. The summed E-state index contributed by atoms with van der Waals surface area (Å²) in [6.45, 7) is 5.75. The first-order chi connectivity index (χ1) is 7.34. The molecule has 0 amide bonds. The van der Waals surface area contributed by atoms with Gasteiger partial charge < -0.3 is 10.1 Å². The maximum Gasteiger partial charge on any atom is 0.0690 e. The van der Waals surface area contributed by atoms with E-state index < -0.39 is 0 Å². The Morgan fingerprint density at radius 1 is 1.13 bits per heavy atom. The average Bonchev–Trinajstić information content (AvgIpc) is 3.09. The van der Waals surface area contributed by atoms with Gasteiger partial charge in [-0.2, -0.15) is 0 Å². The summed E-state index contributed by atoms with van der Waals surface area (Å²) in [5.41, 5.74) is 1.20. The molecule has 0 atom stereocenters. The van der Waals surface area contributed by atoms with Crippen molar-refractivity contribution in [3.63, 3.8) is 0 Å². The van der Waals surface area contributed by atoms with Crippen LogP contribution in [0.5, 0.6) is 0 Å². The van der Waals surface area contributed by atoms with Gasteiger partial charge in [0.25, 0.3) is 0 Å². The predicted molar refractivity (Wildman–Crippen MR) is 63.0 cm³/mol. The second-order valence-corrected chi connectivity index (χ2v) is 4.98. The Morgan fingerprint density at radius 2 is 1.87 bits per heavy atom. The van der Waals surface area contributed by atoms with E-state index in [2.05, 4.69) is 11.9 Å². The van der Waals surface area contributed by atoms with Crippen molar-refractivity contribution in [2.24, 2.45) is 0 Å². The average molecular weight is 209 g/mol. The lowest BCUT2D eigenvalue weighted by atomic mass is 9.98. The Labute approximate surface area is 93.1 Å². The molecule has 2 aliphatic carbocycles. The van der Waals surface area contributed by atoms with Gasteiger partial charge in [-0.15, -0.1) is 0 Å². The molecule has 0 radical (unpaired) electrons. The van der Waals surface area contributed by atoms with Gasteiger partial charge in [0.2, 0.25) is 0 Å². The van der Waals surface area contributed by atoms with Crippen molar-refractivity contribution < 1.29 is 4.74 Å². The molecular weight excluding hydrogens is 186 g/mol. The maximum absolute atomic E-state index is 5.86. The Kier molecular flexibility index (Phi) is 4.21. The van der Waals surface area contributed by atoms with Crippen LogP contribution in [0, 0.1) is 0 Å². The lowest BCUT2D eigenvalue weighted by molar-refractivity contribution is 0.0421. The standard InChI is InChI=1S/C13H23NO/c1-11(9-14-12-7-8-12)10-15-13-5-3-2-4-6-13/h12-14H,1-10H2. The van der Waals surface area contributed by atoms with Crippen molar-refractivity contribution >= 4 is 0 Å². The molecule has 2 fully saturated rings. The van der Waals surface area contributed by atoms with E-state index in [9.17, 15) is 0 Å². The number of hydrogen-bond acceptors (Lipinski definition) is 2. The number of ether oxygens (including phenoxy) is 1. The van der Waals surface area contributed by atoms with E-state index in [-0.39, 0.29) is 0 Å². The fourth-order valence-electron chi connectivity index (χ4n) is 2.09. The number of hydrogen-bond donors (Lipinski definition) is 1. The zero-order valence-corrected chi connectivity index (χ0v) is 9.63. The number of rotatable bonds is 6. The minimum Gasteiger partial charge on any atom is -0.374 e. The Morgan fingerprint density at radius 3 is 2.53 bits per heavy atom. The van der Waals surface area contributed by atoms with Gasteiger partial charge in [0.1, 0.15) is 0 Å². The maximum atomic E-state index is 5.86. The van der Waals surface area contributed by atoms with E-state index in [1.165, 1.54) is 50.5 Å². The van der Waals surface area contributed by atoms with E-state index in [1.54, 1.807) is 0 Å². The van der Waals surface area contributed by atoms with Crippen LogP contribution in [-0.4, -0.2) is 25.3 Å². The second-order valence-electron chi connectivity index (χ2n) is 4.98. The minimum atomic E-state index is 0.511. The Balaban J connectivity index is 1.53. The van der Waals surface area contributed by atoms with E-state index >= 15 is 0 Å². The Hall–Kier alpha value is -0.340. The van der Waals surface area contributed by atoms with Gasteiger partial charge >= 0.3 is 0 Å². The summed E-state index contributed by atoms with van der Waals surface area (Å²) >= 11 is 0. The third-order valence-electron chi connectivity index (χ3n) is 3.29. The molecule has 0 aromatic rings. The van der Waals surface area contributed by atoms with Crippen molar-refractivity contribution in [3.8, 4) is 0 Å². The van der Waals surface area contributed by atoms with Gasteiger partial charge in [0.05, 0.1) is 12.7 Å². The molecule has 2 heteroatoms. The first-order valence-electron chi connectivity index (χ1n) is 6.36. The molecule has 0 spiro atoms. The summed E-state index contributed by atoms with van der Waals surface area (Å²) in [5.74, 6) is 0. The highest BCUT2D eigenvalue weighted by molar-refractivity contribution is 4.99. The fourth-order valence-corrected chi connectivity index (χ4v) is 2.09. The quantitative estimate of drug-likeness (QED) is 0.679. The van der Waals surface area contributed by atoms with Crippen LogP contribution in [0.15, 0.2) is 12.2 Å². The van der Waals surface area contributed by atoms with Crippen LogP contribution in [0.4, 0.5) is 0 Å². The molecular formula is C13H23NO. The van der Waals surface area contributed by atoms with E-state index in [0.717, 1.165) is 19.2 Å². The molecule has 2 rings (SSSR count). The first-order valence-corrected chi connectivity index (χ1v) is 6.36. The number of nitrogens with one attached hydrogen (secondary N) is 1. The molecule has 2 aliphatic rings. The molecule has 15 heavy (non-hydrogen) atoms. The molecule has 2 nitrogen and oxygen atoms in total.